The lowest BCUT2D eigenvalue weighted by molar-refractivity contribution is -0.123. The first-order valence-corrected chi connectivity index (χ1v) is 10.3. The summed E-state index contributed by atoms with van der Waals surface area (Å²) in [6.45, 7) is 5.78. The van der Waals surface area contributed by atoms with Crippen molar-refractivity contribution in [2.75, 3.05) is 13.7 Å². The van der Waals surface area contributed by atoms with Gasteiger partial charge in [0.25, 0.3) is 5.91 Å². The van der Waals surface area contributed by atoms with Gasteiger partial charge in [0.2, 0.25) is 0 Å². The van der Waals surface area contributed by atoms with E-state index in [0.29, 0.717) is 22.6 Å². The van der Waals surface area contributed by atoms with Crippen LogP contribution in [0.5, 0.6) is 17.2 Å². The molecule has 170 valence electrons. The molecule has 3 rings (SSSR count). The summed E-state index contributed by atoms with van der Waals surface area (Å²) in [6, 6.07) is 17.7. The van der Waals surface area contributed by atoms with E-state index >= 15 is 0 Å². The van der Waals surface area contributed by atoms with E-state index in [-0.39, 0.29) is 18.3 Å². The Balaban J connectivity index is 1.56. The molecule has 3 aromatic carbocycles. The summed E-state index contributed by atoms with van der Waals surface area (Å²) in [7, 11) is 1.48. The Morgan fingerprint density at radius 1 is 0.909 bits per heavy atom. The number of methoxy groups -OCH3 is 1. The molecule has 0 saturated heterocycles. The van der Waals surface area contributed by atoms with Gasteiger partial charge in [-0.25, -0.2) is 10.2 Å². The Morgan fingerprint density at radius 2 is 1.67 bits per heavy atom. The predicted molar refractivity (Wildman–Crippen MR) is 126 cm³/mol. The fourth-order valence-corrected chi connectivity index (χ4v) is 2.86. The molecule has 1 N–H and O–H groups in total. The Bertz CT molecular complexity index is 1170. The summed E-state index contributed by atoms with van der Waals surface area (Å²) in [5.74, 6) is 0.401. The summed E-state index contributed by atoms with van der Waals surface area (Å²) in [4.78, 5) is 24.3. The number of benzene rings is 3. The van der Waals surface area contributed by atoms with E-state index < -0.39 is 5.97 Å². The second-order valence-electron chi connectivity index (χ2n) is 7.49. The molecule has 7 nitrogen and oxygen atoms in total. The molecule has 3 aromatic rings. The van der Waals surface area contributed by atoms with E-state index in [9.17, 15) is 9.59 Å². The first kappa shape index (κ1) is 23.5. The standard InChI is InChI=1S/C26H26N2O5/c1-17-5-9-21(10-6-17)26(30)33-23-12-8-20(14-24(23)31-4)15-27-28-25(29)16-32-22-11-7-18(2)19(3)13-22/h5-15H,16H2,1-4H3,(H,28,29). The van der Waals surface area contributed by atoms with Gasteiger partial charge in [0.05, 0.1) is 18.9 Å². The van der Waals surface area contributed by atoms with Crippen LogP contribution in [0.1, 0.15) is 32.6 Å². The SMILES string of the molecule is COc1cc(C=NNC(=O)COc2ccc(C)c(C)c2)ccc1OC(=O)c1ccc(C)cc1. The second-order valence-corrected chi connectivity index (χ2v) is 7.49. The van der Waals surface area contributed by atoms with Gasteiger partial charge in [0.1, 0.15) is 5.75 Å². The maximum absolute atomic E-state index is 12.4. The number of hydrazone groups is 1. The van der Waals surface area contributed by atoms with Crippen LogP contribution >= 0.6 is 0 Å². The number of carbonyl (C=O) groups excluding carboxylic acids is 2. The van der Waals surface area contributed by atoms with Gasteiger partial charge in [-0.15, -0.1) is 0 Å². The molecule has 0 aliphatic rings. The van der Waals surface area contributed by atoms with Gasteiger partial charge in [-0.05, 0) is 79.9 Å². The van der Waals surface area contributed by atoms with Crippen LogP contribution < -0.4 is 19.6 Å². The molecule has 0 radical (unpaired) electrons. The number of aryl methyl sites for hydroxylation is 3. The summed E-state index contributed by atoms with van der Waals surface area (Å²) in [5, 5.41) is 3.94. The Hall–Kier alpha value is -4.13. The zero-order valence-corrected chi connectivity index (χ0v) is 19.0. The minimum atomic E-state index is -0.481. The maximum Gasteiger partial charge on any atom is 0.343 e. The third kappa shape index (κ3) is 6.67. The molecule has 0 heterocycles. The molecule has 7 heteroatoms. The third-order valence-corrected chi connectivity index (χ3v) is 4.93. The van der Waals surface area contributed by atoms with E-state index in [1.807, 2.05) is 51.1 Å². The number of nitrogens with zero attached hydrogens (tertiary/aromatic N) is 1. The van der Waals surface area contributed by atoms with Gasteiger partial charge in [0.15, 0.2) is 18.1 Å². The average Bonchev–Trinajstić information content (AvgIpc) is 2.81. The number of amides is 1. The maximum atomic E-state index is 12.4. The van der Waals surface area contributed by atoms with Gasteiger partial charge in [-0.1, -0.05) is 23.8 Å². The summed E-state index contributed by atoms with van der Waals surface area (Å²) < 4.78 is 16.3. The molecule has 0 unspecified atom stereocenters. The number of nitrogens with one attached hydrogen (secondary N) is 1. The second kappa shape index (κ2) is 10.9. The van der Waals surface area contributed by atoms with Crippen LogP contribution in [0.2, 0.25) is 0 Å². The quantitative estimate of drug-likeness (QED) is 0.240. The lowest BCUT2D eigenvalue weighted by Gasteiger charge is -2.10. The lowest BCUT2D eigenvalue weighted by atomic mass is 10.1. The highest BCUT2D eigenvalue weighted by Crippen LogP contribution is 2.28. The van der Waals surface area contributed by atoms with Crippen LogP contribution in [0.25, 0.3) is 0 Å². The van der Waals surface area contributed by atoms with E-state index in [0.717, 1.165) is 16.7 Å². The van der Waals surface area contributed by atoms with Crippen LogP contribution in [0.4, 0.5) is 0 Å². The van der Waals surface area contributed by atoms with E-state index in [4.69, 9.17) is 14.2 Å². The highest BCUT2D eigenvalue weighted by molar-refractivity contribution is 5.91. The number of ether oxygens (including phenoxy) is 3. The Morgan fingerprint density at radius 3 is 2.36 bits per heavy atom. The lowest BCUT2D eigenvalue weighted by Crippen LogP contribution is -2.24. The normalized spacial score (nSPS) is 10.7. The summed E-state index contributed by atoms with van der Waals surface area (Å²) >= 11 is 0. The van der Waals surface area contributed by atoms with Crippen LogP contribution in [0.3, 0.4) is 0 Å². The van der Waals surface area contributed by atoms with E-state index in [1.54, 1.807) is 30.3 Å². The topological polar surface area (TPSA) is 86.2 Å². The average molecular weight is 447 g/mol. The van der Waals surface area contributed by atoms with Crippen LogP contribution in [0.15, 0.2) is 65.8 Å². The zero-order chi connectivity index (χ0) is 23.8. The number of hydrogen-bond acceptors (Lipinski definition) is 6. The van der Waals surface area contributed by atoms with Crippen molar-refractivity contribution >= 4 is 18.1 Å². The van der Waals surface area contributed by atoms with Crippen molar-refractivity contribution in [1.82, 2.24) is 5.43 Å². The molecule has 1 amide bonds. The first-order valence-electron chi connectivity index (χ1n) is 10.3. The van der Waals surface area contributed by atoms with Gasteiger partial charge in [-0.2, -0.15) is 5.10 Å². The number of carbonyl (C=O) groups is 2. The van der Waals surface area contributed by atoms with Gasteiger partial charge >= 0.3 is 5.97 Å². The Labute approximate surface area is 193 Å². The molecule has 0 aromatic heterocycles. The van der Waals surface area contributed by atoms with Gasteiger partial charge in [-0.3, -0.25) is 4.79 Å². The van der Waals surface area contributed by atoms with Crippen LogP contribution in [-0.2, 0) is 4.79 Å². The van der Waals surface area contributed by atoms with E-state index in [1.165, 1.54) is 13.3 Å². The number of esters is 1. The molecule has 0 fully saturated rings. The van der Waals surface area contributed by atoms with Crippen LogP contribution in [0, 0.1) is 20.8 Å². The first-order chi connectivity index (χ1) is 15.9. The van der Waals surface area contributed by atoms with Crippen molar-refractivity contribution in [1.29, 1.82) is 0 Å². The summed E-state index contributed by atoms with van der Waals surface area (Å²) in [5.41, 5.74) is 6.81. The molecule has 0 aliphatic heterocycles. The molecule has 0 bridgehead atoms. The summed E-state index contributed by atoms with van der Waals surface area (Å²) in [6.07, 6.45) is 1.46. The van der Waals surface area contributed by atoms with Crippen molar-refractivity contribution in [3.63, 3.8) is 0 Å². The fraction of sp³-hybridized carbons (Fsp3) is 0.192. The van der Waals surface area contributed by atoms with Gasteiger partial charge in [0, 0.05) is 0 Å². The van der Waals surface area contributed by atoms with Crippen molar-refractivity contribution in [2.24, 2.45) is 5.10 Å². The minimum Gasteiger partial charge on any atom is -0.493 e. The van der Waals surface area contributed by atoms with Crippen molar-refractivity contribution in [2.45, 2.75) is 20.8 Å². The van der Waals surface area contributed by atoms with Gasteiger partial charge < -0.3 is 14.2 Å². The fourth-order valence-electron chi connectivity index (χ4n) is 2.86. The molecule has 33 heavy (non-hydrogen) atoms. The highest BCUT2D eigenvalue weighted by atomic mass is 16.6. The predicted octanol–water partition coefficient (Wildman–Crippen LogP) is 4.37. The molecular weight excluding hydrogens is 420 g/mol. The highest BCUT2D eigenvalue weighted by Gasteiger charge is 2.13. The number of hydrogen-bond donors (Lipinski definition) is 1. The largest absolute Gasteiger partial charge is 0.493 e. The van der Waals surface area contributed by atoms with Crippen molar-refractivity contribution in [3.05, 3.63) is 88.5 Å². The molecule has 0 aliphatic carbocycles. The molecule has 0 spiro atoms. The monoisotopic (exact) mass is 446 g/mol. The van der Waals surface area contributed by atoms with E-state index in [2.05, 4.69) is 10.5 Å². The Kier molecular flexibility index (Phi) is 7.81. The van der Waals surface area contributed by atoms with Crippen molar-refractivity contribution in [3.8, 4) is 17.2 Å². The van der Waals surface area contributed by atoms with Crippen molar-refractivity contribution < 1.29 is 23.8 Å². The van der Waals surface area contributed by atoms with Crippen LogP contribution in [-0.4, -0.2) is 31.8 Å². The zero-order valence-electron chi connectivity index (χ0n) is 19.0. The molecule has 0 saturated carbocycles. The molecule has 0 atom stereocenters. The minimum absolute atomic E-state index is 0.156. The molecular formula is C26H26N2O5. The third-order valence-electron chi connectivity index (χ3n) is 4.93. The smallest absolute Gasteiger partial charge is 0.343 e. The number of rotatable bonds is 8.